The van der Waals surface area contributed by atoms with Gasteiger partial charge in [0, 0.05) is 29.8 Å². The minimum absolute atomic E-state index is 0.0328. The summed E-state index contributed by atoms with van der Waals surface area (Å²) in [5, 5.41) is 13.5. The molecule has 2 saturated carbocycles. The molecule has 2 amide bonds. The Bertz CT molecular complexity index is 1250. The number of nitrogens with one attached hydrogen (secondary N) is 2. The van der Waals surface area contributed by atoms with Crippen LogP contribution in [0.4, 0.5) is 0 Å². The molecule has 8 nitrogen and oxygen atoms in total. The zero-order valence-corrected chi connectivity index (χ0v) is 21.2. The molecule has 5 rings (SSSR count). The summed E-state index contributed by atoms with van der Waals surface area (Å²) in [4.78, 5) is 44.4. The van der Waals surface area contributed by atoms with Crippen molar-refractivity contribution in [3.05, 3.63) is 30.0 Å². The summed E-state index contributed by atoms with van der Waals surface area (Å²) in [5.41, 5.74) is 1.11. The number of aromatic nitrogens is 1. The van der Waals surface area contributed by atoms with Gasteiger partial charge in [-0.25, -0.2) is 0 Å². The molecule has 1 aromatic carbocycles. The molecular formula is C28H34N4O4. The predicted octanol–water partition coefficient (Wildman–Crippen LogP) is 3.97. The molecule has 3 unspecified atom stereocenters. The molecule has 0 radical (unpaired) electrons. The number of aromatic amines is 1. The van der Waals surface area contributed by atoms with E-state index in [0.29, 0.717) is 37.3 Å². The van der Waals surface area contributed by atoms with Crippen LogP contribution in [-0.4, -0.2) is 53.2 Å². The fourth-order valence-electron chi connectivity index (χ4n) is 6.50. The summed E-state index contributed by atoms with van der Waals surface area (Å²) in [6.07, 6.45) is 5.23. The minimum atomic E-state index is -0.757. The number of ketones is 1. The van der Waals surface area contributed by atoms with Gasteiger partial charge in [0.1, 0.15) is 29.3 Å². The number of fused-ring (bicyclic) bond motifs is 1. The van der Waals surface area contributed by atoms with Crippen molar-refractivity contribution in [3.63, 3.8) is 0 Å². The normalized spacial score (nSPS) is 24.9. The number of likely N-dealkylation sites (tertiary alicyclic amines) is 1. The molecule has 0 bridgehead atoms. The Morgan fingerprint density at radius 2 is 2.08 bits per heavy atom. The number of carbonyl (C=O) groups is 3. The average Bonchev–Trinajstić information content (AvgIpc) is 3.50. The van der Waals surface area contributed by atoms with E-state index in [1.165, 1.54) is 0 Å². The molecule has 3 atom stereocenters. The molecule has 3 fully saturated rings. The number of hydrogen-bond acceptors (Lipinski definition) is 5. The van der Waals surface area contributed by atoms with Gasteiger partial charge in [0.05, 0.1) is 13.2 Å². The standard InChI is InChI=1S/C28H34N4O4/c1-27(2)12-17(23(33)14-27)10-18(15-29)30-25(34)22-13-28(8-5-9-28)16-32(22)26(35)21-11-19-20(31-21)6-4-7-24(19)36-3/h4,6-7,11,17-18,22,31H,5,8-10,12-14,16H2,1-3H3,(H,30,34). The molecule has 1 spiro atoms. The molecule has 8 heteroatoms. The van der Waals surface area contributed by atoms with Crippen molar-refractivity contribution < 1.29 is 19.1 Å². The van der Waals surface area contributed by atoms with Crippen LogP contribution in [0.25, 0.3) is 10.9 Å². The first-order valence-corrected chi connectivity index (χ1v) is 12.8. The summed E-state index contributed by atoms with van der Waals surface area (Å²) >= 11 is 0. The van der Waals surface area contributed by atoms with Crippen LogP contribution in [0.15, 0.2) is 24.3 Å². The lowest BCUT2D eigenvalue weighted by Gasteiger charge is -2.37. The number of benzene rings is 1. The van der Waals surface area contributed by atoms with Crippen LogP contribution in [0, 0.1) is 28.1 Å². The minimum Gasteiger partial charge on any atom is -0.496 e. The van der Waals surface area contributed by atoms with Crippen molar-refractivity contribution in [1.29, 1.82) is 5.26 Å². The zero-order chi connectivity index (χ0) is 25.7. The third-order valence-electron chi connectivity index (χ3n) is 8.46. The first kappa shape index (κ1) is 24.4. The fraction of sp³-hybridized carbons (Fsp3) is 0.571. The molecule has 2 aliphatic carbocycles. The number of methoxy groups -OCH3 is 1. The third-order valence-corrected chi connectivity index (χ3v) is 8.46. The van der Waals surface area contributed by atoms with Crippen LogP contribution in [0.2, 0.25) is 0 Å². The molecule has 1 saturated heterocycles. The molecule has 2 N–H and O–H groups in total. The van der Waals surface area contributed by atoms with Gasteiger partial charge in [-0.15, -0.1) is 0 Å². The number of hydrogen-bond donors (Lipinski definition) is 2. The van der Waals surface area contributed by atoms with E-state index in [2.05, 4.69) is 30.2 Å². The van der Waals surface area contributed by atoms with Gasteiger partial charge in [0.2, 0.25) is 5.91 Å². The zero-order valence-electron chi connectivity index (χ0n) is 21.2. The molecule has 2 heterocycles. The van der Waals surface area contributed by atoms with E-state index in [1.807, 2.05) is 18.2 Å². The lowest BCUT2D eigenvalue weighted by molar-refractivity contribution is -0.126. The number of nitrogens with zero attached hydrogens (tertiary/aromatic N) is 2. The second-order valence-electron chi connectivity index (χ2n) is 11.7. The maximum Gasteiger partial charge on any atom is 0.271 e. The number of nitriles is 1. The van der Waals surface area contributed by atoms with Crippen LogP contribution in [0.5, 0.6) is 5.75 Å². The molecule has 1 aliphatic heterocycles. The lowest BCUT2D eigenvalue weighted by Crippen LogP contribution is -2.49. The lowest BCUT2D eigenvalue weighted by atomic mass is 9.67. The Labute approximate surface area is 211 Å². The topological polar surface area (TPSA) is 115 Å². The van der Waals surface area contributed by atoms with Crippen LogP contribution in [-0.2, 0) is 9.59 Å². The number of rotatable bonds is 6. The molecule has 3 aliphatic rings. The van der Waals surface area contributed by atoms with Gasteiger partial charge >= 0.3 is 0 Å². The average molecular weight is 491 g/mol. The quantitative estimate of drug-likeness (QED) is 0.636. The van der Waals surface area contributed by atoms with Gasteiger partial charge < -0.3 is 19.9 Å². The highest BCUT2D eigenvalue weighted by Crippen LogP contribution is 2.50. The van der Waals surface area contributed by atoms with E-state index in [1.54, 1.807) is 18.1 Å². The Morgan fingerprint density at radius 1 is 1.31 bits per heavy atom. The van der Waals surface area contributed by atoms with Gasteiger partial charge in [0.25, 0.3) is 5.91 Å². The number of carbonyl (C=O) groups excluding carboxylic acids is 3. The number of amides is 2. The highest BCUT2D eigenvalue weighted by molar-refractivity contribution is 6.02. The van der Waals surface area contributed by atoms with Gasteiger partial charge in [-0.3, -0.25) is 14.4 Å². The van der Waals surface area contributed by atoms with Crippen molar-refractivity contribution in [1.82, 2.24) is 15.2 Å². The summed E-state index contributed by atoms with van der Waals surface area (Å²) in [6, 6.07) is 8.16. The Balaban J connectivity index is 1.34. The second-order valence-corrected chi connectivity index (χ2v) is 11.7. The van der Waals surface area contributed by atoms with Gasteiger partial charge in [-0.1, -0.05) is 26.3 Å². The molecular weight excluding hydrogens is 456 g/mol. The summed E-state index contributed by atoms with van der Waals surface area (Å²) < 4.78 is 5.43. The monoisotopic (exact) mass is 490 g/mol. The van der Waals surface area contributed by atoms with Crippen molar-refractivity contribution in [2.75, 3.05) is 13.7 Å². The van der Waals surface area contributed by atoms with E-state index >= 15 is 0 Å². The van der Waals surface area contributed by atoms with Crippen molar-refractivity contribution >= 4 is 28.5 Å². The highest BCUT2D eigenvalue weighted by atomic mass is 16.5. The highest BCUT2D eigenvalue weighted by Gasteiger charge is 2.52. The van der Waals surface area contributed by atoms with Crippen LogP contribution >= 0.6 is 0 Å². The van der Waals surface area contributed by atoms with Crippen molar-refractivity contribution in [2.45, 2.75) is 70.9 Å². The second kappa shape index (κ2) is 8.95. The maximum absolute atomic E-state index is 13.7. The van der Waals surface area contributed by atoms with E-state index in [4.69, 9.17) is 4.74 Å². The Hall–Kier alpha value is -3.34. The summed E-state index contributed by atoms with van der Waals surface area (Å²) in [6.45, 7) is 4.65. The van der Waals surface area contributed by atoms with Crippen LogP contribution in [0.3, 0.4) is 0 Å². The van der Waals surface area contributed by atoms with Crippen LogP contribution < -0.4 is 10.1 Å². The van der Waals surface area contributed by atoms with Gasteiger partial charge in [-0.05, 0) is 61.1 Å². The molecule has 190 valence electrons. The maximum atomic E-state index is 13.7. The summed E-state index contributed by atoms with van der Waals surface area (Å²) in [7, 11) is 1.59. The predicted molar refractivity (Wildman–Crippen MR) is 134 cm³/mol. The fourth-order valence-corrected chi connectivity index (χ4v) is 6.50. The van der Waals surface area contributed by atoms with E-state index in [0.717, 1.165) is 36.6 Å². The number of Topliss-reactive ketones (excluding diaryl/α,β-unsaturated/α-hetero) is 1. The Morgan fingerprint density at radius 3 is 2.69 bits per heavy atom. The van der Waals surface area contributed by atoms with E-state index < -0.39 is 12.1 Å². The van der Waals surface area contributed by atoms with E-state index in [9.17, 15) is 19.6 Å². The Kier molecular flexibility index (Phi) is 6.06. The van der Waals surface area contributed by atoms with Crippen molar-refractivity contribution in [3.8, 4) is 11.8 Å². The molecule has 36 heavy (non-hydrogen) atoms. The third kappa shape index (κ3) is 4.36. The first-order valence-electron chi connectivity index (χ1n) is 12.8. The van der Waals surface area contributed by atoms with Gasteiger partial charge in [-0.2, -0.15) is 5.26 Å². The smallest absolute Gasteiger partial charge is 0.271 e. The van der Waals surface area contributed by atoms with Gasteiger partial charge in [0.15, 0.2) is 0 Å². The SMILES string of the molecule is COc1cccc2[nH]c(C(=O)N3CC4(CCC4)CC3C(=O)NC(C#N)CC3CC(C)(C)CC3=O)cc12. The largest absolute Gasteiger partial charge is 0.496 e. The van der Waals surface area contributed by atoms with Crippen LogP contribution in [0.1, 0.15) is 69.3 Å². The van der Waals surface area contributed by atoms with E-state index in [-0.39, 0.29) is 34.3 Å². The number of ether oxygens (including phenoxy) is 1. The summed E-state index contributed by atoms with van der Waals surface area (Å²) in [5.74, 6) is 0.0892. The first-order chi connectivity index (χ1) is 17.1. The molecule has 1 aromatic heterocycles. The number of H-pyrrole nitrogens is 1. The molecule has 2 aromatic rings. The van der Waals surface area contributed by atoms with Crippen molar-refractivity contribution in [2.24, 2.45) is 16.7 Å².